The predicted molar refractivity (Wildman–Crippen MR) is 101 cm³/mol. The van der Waals surface area contributed by atoms with Gasteiger partial charge in [0.2, 0.25) is 5.78 Å². The van der Waals surface area contributed by atoms with Gasteiger partial charge >= 0.3 is 0 Å². The lowest BCUT2D eigenvalue weighted by atomic mass is 10.0. The van der Waals surface area contributed by atoms with Gasteiger partial charge in [0.05, 0.1) is 23.8 Å². The first-order chi connectivity index (χ1) is 13.0. The predicted octanol–water partition coefficient (Wildman–Crippen LogP) is 2.20. The molecule has 1 fully saturated rings. The molecule has 27 heavy (non-hydrogen) atoms. The molecule has 0 amide bonds. The Morgan fingerprint density at radius 2 is 1.59 bits per heavy atom. The fourth-order valence-corrected chi connectivity index (χ4v) is 4.91. The number of fused-ring (bicyclic) bond motifs is 1. The Kier molecular flexibility index (Phi) is 4.49. The van der Waals surface area contributed by atoms with Gasteiger partial charge in [0, 0.05) is 31.3 Å². The Hall–Kier alpha value is -2.64. The summed E-state index contributed by atoms with van der Waals surface area (Å²) in [6, 6.07) is 15.6. The highest BCUT2D eigenvalue weighted by molar-refractivity contribution is 7.89. The van der Waals surface area contributed by atoms with E-state index in [0.717, 1.165) is 4.31 Å². The van der Waals surface area contributed by atoms with E-state index in [1.54, 1.807) is 48.5 Å². The summed E-state index contributed by atoms with van der Waals surface area (Å²) in [5, 5.41) is 0. The highest BCUT2D eigenvalue weighted by Gasteiger charge is 2.39. The van der Waals surface area contributed by atoms with Crippen LogP contribution in [0.4, 0.5) is 0 Å². The molecule has 140 valence electrons. The third-order valence-electron chi connectivity index (χ3n) is 4.90. The summed E-state index contributed by atoms with van der Waals surface area (Å²) in [6.07, 6.45) is 0. The summed E-state index contributed by atoms with van der Waals surface area (Å²) in [7, 11) is -2.35. The normalized spacial score (nSPS) is 19.0. The third-order valence-corrected chi connectivity index (χ3v) is 6.71. The molecule has 6 nitrogen and oxygen atoms in total. The van der Waals surface area contributed by atoms with Crippen LogP contribution in [0.3, 0.4) is 0 Å². The molecule has 2 aliphatic heterocycles. The van der Waals surface area contributed by atoms with Gasteiger partial charge in [-0.25, -0.2) is 8.42 Å². The molecule has 1 saturated heterocycles. The topological polar surface area (TPSA) is 66.9 Å². The lowest BCUT2D eigenvalue weighted by molar-refractivity contribution is 0.0629. The number of morpholine rings is 1. The Balaban J connectivity index is 1.98. The molecule has 0 radical (unpaired) electrons. The van der Waals surface area contributed by atoms with E-state index in [1.165, 1.54) is 7.05 Å². The number of allylic oxidation sites excluding steroid dienone is 1. The number of likely N-dealkylation sites (N-methyl/N-ethyl adjacent to an activating group) is 1. The molecule has 4 rings (SSSR count). The smallest absolute Gasteiger partial charge is 0.264 e. The van der Waals surface area contributed by atoms with Crippen LogP contribution in [0, 0.1) is 0 Å². The summed E-state index contributed by atoms with van der Waals surface area (Å²) in [5.74, 6) is -0.308. The molecule has 2 aromatic rings. The number of ketones is 1. The van der Waals surface area contributed by atoms with E-state index in [4.69, 9.17) is 4.74 Å². The van der Waals surface area contributed by atoms with Crippen molar-refractivity contribution in [2.75, 3.05) is 33.4 Å². The maximum atomic E-state index is 13.3. The fraction of sp³-hybridized carbons (Fsp3) is 0.250. The van der Waals surface area contributed by atoms with Gasteiger partial charge in [0.25, 0.3) is 10.0 Å². The molecular formula is C20H20N2O4S. The molecule has 0 bridgehead atoms. The van der Waals surface area contributed by atoms with E-state index in [0.29, 0.717) is 43.1 Å². The van der Waals surface area contributed by atoms with Gasteiger partial charge in [-0.3, -0.25) is 9.10 Å². The molecule has 2 aromatic carbocycles. The quantitative estimate of drug-likeness (QED) is 0.759. The van der Waals surface area contributed by atoms with Crippen molar-refractivity contribution in [2.45, 2.75) is 4.90 Å². The summed E-state index contributed by atoms with van der Waals surface area (Å²) < 4.78 is 32.7. The van der Waals surface area contributed by atoms with Crippen LogP contribution in [-0.4, -0.2) is 56.8 Å². The number of Topliss-reactive ketones (excluding diaryl/α,β-unsaturated/α-hetero) is 1. The van der Waals surface area contributed by atoms with Crippen molar-refractivity contribution in [3.8, 4) is 0 Å². The first-order valence-electron chi connectivity index (χ1n) is 8.77. The van der Waals surface area contributed by atoms with Gasteiger partial charge in [-0.05, 0) is 6.07 Å². The second kappa shape index (κ2) is 6.83. The zero-order chi connectivity index (χ0) is 19.0. The second-order valence-corrected chi connectivity index (χ2v) is 8.40. The lowest BCUT2D eigenvalue weighted by Gasteiger charge is -2.38. The van der Waals surface area contributed by atoms with Crippen molar-refractivity contribution in [3.05, 3.63) is 71.4 Å². The van der Waals surface area contributed by atoms with Crippen LogP contribution in [0.1, 0.15) is 15.9 Å². The minimum atomic E-state index is -3.80. The van der Waals surface area contributed by atoms with E-state index in [-0.39, 0.29) is 16.4 Å². The Bertz CT molecular complexity index is 1010. The Morgan fingerprint density at radius 3 is 2.30 bits per heavy atom. The summed E-state index contributed by atoms with van der Waals surface area (Å²) in [4.78, 5) is 15.6. The van der Waals surface area contributed by atoms with Crippen LogP contribution < -0.4 is 0 Å². The van der Waals surface area contributed by atoms with Gasteiger partial charge < -0.3 is 9.64 Å². The van der Waals surface area contributed by atoms with Crippen LogP contribution >= 0.6 is 0 Å². The average Bonchev–Trinajstić information content (AvgIpc) is 2.71. The highest BCUT2D eigenvalue weighted by Crippen LogP contribution is 2.39. The van der Waals surface area contributed by atoms with Crippen LogP contribution in [-0.2, 0) is 14.8 Å². The van der Waals surface area contributed by atoms with E-state index in [2.05, 4.69) is 0 Å². The van der Waals surface area contributed by atoms with E-state index < -0.39 is 10.0 Å². The molecule has 0 aliphatic carbocycles. The molecule has 0 N–H and O–H groups in total. The minimum Gasteiger partial charge on any atom is -0.378 e. The maximum absolute atomic E-state index is 13.3. The van der Waals surface area contributed by atoms with Crippen molar-refractivity contribution in [2.24, 2.45) is 0 Å². The van der Waals surface area contributed by atoms with Gasteiger partial charge in [0.1, 0.15) is 5.70 Å². The van der Waals surface area contributed by atoms with Crippen molar-refractivity contribution in [1.29, 1.82) is 0 Å². The maximum Gasteiger partial charge on any atom is 0.264 e. The lowest BCUT2D eigenvalue weighted by Crippen LogP contribution is -2.42. The number of carbonyl (C=O) groups is 1. The van der Waals surface area contributed by atoms with Crippen LogP contribution in [0.25, 0.3) is 5.70 Å². The number of carbonyl (C=O) groups excluding carboxylic acids is 1. The van der Waals surface area contributed by atoms with Crippen molar-refractivity contribution in [1.82, 2.24) is 9.21 Å². The van der Waals surface area contributed by atoms with Gasteiger partial charge in [-0.15, -0.1) is 0 Å². The number of sulfonamides is 1. The molecule has 2 aliphatic rings. The Labute approximate surface area is 158 Å². The van der Waals surface area contributed by atoms with Crippen LogP contribution in [0.5, 0.6) is 0 Å². The van der Waals surface area contributed by atoms with Gasteiger partial charge in [-0.2, -0.15) is 0 Å². The highest BCUT2D eigenvalue weighted by atomic mass is 32.2. The molecular weight excluding hydrogens is 364 g/mol. The minimum absolute atomic E-state index is 0.182. The molecule has 0 aromatic heterocycles. The first kappa shape index (κ1) is 17.8. The number of ether oxygens (including phenoxy) is 1. The number of benzene rings is 2. The second-order valence-electron chi connectivity index (χ2n) is 6.46. The molecule has 2 heterocycles. The Morgan fingerprint density at radius 1 is 0.963 bits per heavy atom. The largest absolute Gasteiger partial charge is 0.378 e. The number of hydrogen-bond acceptors (Lipinski definition) is 5. The third kappa shape index (κ3) is 2.93. The molecule has 0 saturated carbocycles. The van der Waals surface area contributed by atoms with Crippen molar-refractivity contribution < 1.29 is 17.9 Å². The monoisotopic (exact) mass is 384 g/mol. The summed E-state index contributed by atoms with van der Waals surface area (Å²) in [6.45, 7) is 2.27. The van der Waals surface area contributed by atoms with E-state index in [9.17, 15) is 13.2 Å². The van der Waals surface area contributed by atoms with Crippen LogP contribution in [0.15, 0.2) is 65.2 Å². The fourth-order valence-electron chi connectivity index (χ4n) is 3.52. The number of nitrogens with zero attached hydrogens (tertiary/aromatic N) is 2. The van der Waals surface area contributed by atoms with Crippen LogP contribution in [0.2, 0.25) is 0 Å². The van der Waals surface area contributed by atoms with Gasteiger partial charge in [0.15, 0.2) is 0 Å². The molecule has 7 heteroatoms. The van der Waals surface area contributed by atoms with Crippen molar-refractivity contribution >= 4 is 21.5 Å². The SMILES string of the molecule is CN1C(C(=O)c2ccccc2)=C(N2CCOCC2)c2ccccc2S1(=O)=O. The zero-order valence-electron chi connectivity index (χ0n) is 15.0. The van der Waals surface area contributed by atoms with E-state index in [1.807, 2.05) is 11.0 Å². The first-order valence-corrected chi connectivity index (χ1v) is 10.2. The van der Waals surface area contributed by atoms with Crippen molar-refractivity contribution in [3.63, 3.8) is 0 Å². The number of hydrogen-bond donors (Lipinski definition) is 0. The summed E-state index contributed by atoms with van der Waals surface area (Å²) in [5.41, 5.74) is 1.86. The molecule has 0 spiro atoms. The number of rotatable bonds is 3. The molecule has 0 atom stereocenters. The molecule has 0 unspecified atom stereocenters. The van der Waals surface area contributed by atoms with E-state index >= 15 is 0 Å². The van der Waals surface area contributed by atoms with Gasteiger partial charge in [-0.1, -0.05) is 48.5 Å². The summed E-state index contributed by atoms with van der Waals surface area (Å²) >= 11 is 0. The standard InChI is InChI=1S/C20H20N2O4S/c1-21-19(20(23)15-7-3-2-4-8-15)18(22-11-13-26-14-12-22)16-9-5-6-10-17(16)27(21,24)25/h2-10H,11-14H2,1H3. The average molecular weight is 384 g/mol. The zero-order valence-corrected chi connectivity index (χ0v) is 15.8.